The Morgan fingerprint density at radius 3 is 2.13 bits per heavy atom. The van der Waals surface area contributed by atoms with Crippen LogP contribution in [0.5, 0.6) is 0 Å². The summed E-state index contributed by atoms with van der Waals surface area (Å²) in [7, 11) is -3.94. The molecule has 156 valence electrons. The lowest BCUT2D eigenvalue weighted by molar-refractivity contribution is -0.114. The minimum absolute atomic E-state index is 0.144. The molecular formula is C23H23BrN2O3S. The second-order valence-electron chi connectivity index (χ2n) is 7.17. The lowest BCUT2D eigenvalue weighted by Gasteiger charge is -2.26. The number of hydrogen-bond acceptors (Lipinski definition) is 3. The van der Waals surface area contributed by atoms with Crippen molar-refractivity contribution < 1.29 is 13.2 Å². The molecule has 0 atom stereocenters. The second-order valence-corrected chi connectivity index (χ2v) is 9.95. The Kier molecular flexibility index (Phi) is 6.63. The fraction of sp³-hybridized carbons (Fsp3) is 0.174. The minimum Gasteiger partial charge on any atom is -0.325 e. The first kappa shape index (κ1) is 22.1. The van der Waals surface area contributed by atoms with Gasteiger partial charge in [0.25, 0.3) is 10.0 Å². The number of aryl methyl sites for hydroxylation is 3. The number of amides is 1. The molecule has 0 aromatic heterocycles. The number of carbonyl (C=O) groups is 1. The van der Waals surface area contributed by atoms with Crippen LogP contribution in [0.25, 0.3) is 0 Å². The first-order valence-electron chi connectivity index (χ1n) is 9.39. The van der Waals surface area contributed by atoms with Crippen molar-refractivity contribution in [1.29, 1.82) is 0 Å². The number of rotatable bonds is 6. The summed E-state index contributed by atoms with van der Waals surface area (Å²) in [5.74, 6) is -0.422. The van der Waals surface area contributed by atoms with Crippen molar-refractivity contribution in [3.63, 3.8) is 0 Å². The number of nitrogens with one attached hydrogen (secondary N) is 1. The molecule has 0 saturated heterocycles. The summed E-state index contributed by atoms with van der Waals surface area (Å²) in [5.41, 5.74) is 3.72. The third-order valence-corrected chi connectivity index (χ3v) is 6.96. The average molecular weight is 487 g/mol. The van der Waals surface area contributed by atoms with Crippen LogP contribution in [0.4, 0.5) is 11.4 Å². The van der Waals surface area contributed by atoms with E-state index >= 15 is 0 Å². The second kappa shape index (κ2) is 9.02. The number of nitrogens with zero attached hydrogens (tertiary/aromatic N) is 1. The van der Waals surface area contributed by atoms with Gasteiger partial charge in [0.1, 0.15) is 6.54 Å². The first-order chi connectivity index (χ1) is 14.2. The number of sulfonamides is 1. The zero-order valence-corrected chi connectivity index (χ0v) is 19.4. The SMILES string of the molecule is Cc1ccc(S(=O)(=O)N(CC(=O)Nc2ccc(Br)cc2)c2cc(C)ccc2C)cc1. The number of benzene rings is 3. The van der Waals surface area contributed by atoms with Crippen LogP contribution in [0.2, 0.25) is 0 Å². The minimum atomic E-state index is -3.94. The van der Waals surface area contributed by atoms with E-state index in [9.17, 15) is 13.2 Å². The Morgan fingerprint density at radius 2 is 1.50 bits per heavy atom. The molecule has 0 radical (unpaired) electrons. The predicted octanol–water partition coefficient (Wildman–Crippen LogP) is 5.21. The summed E-state index contributed by atoms with van der Waals surface area (Å²) >= 11 is 3.35. The molecule has 0 saturated carbocycles. The van der Waals surface area contributed by atoms with Crippen LogP contribution in [-0.2, 0) is 14.8 Å². The molecule has 1 amide bonds. The van der Waals surface area contributed by atoms with Crippen molar-refractivity contribution in [2.75, 3.05) is 16.2 Å². The highest BCUT2D eigenvalue weighted by Gasteiger charge is 2.28. The van der Waals surface area contributed by atoms with Crippen LogP contribution in [0.15, 0.2) is 76.1 Å². The fourth-order valence-corrected chi connectivity index (χ4v) is 4.73. The quantitative estimate of drug-likeness (QED) is 0.519. The van der Waals surface area contributed by atoms with Gasteiger partial charge in [-0.1, -0.05) is 45.8 Å². The molecule has 1 N–H and O–H groups in total. The van der Waals surface area contributed by atoms with Crippen LogP contribution in [0, 0.1) is 20.8 Å². The van der Waals surface area contributed by atoms with Crippen LogP contribution in [0.3, 0.4) is 0 Å². The standard InChI is InChI=1S/C23H23BrN2O3S/c1-16-5-12-21(13-6-16)30(28,29)26(22-14-17(2)4-7-18(22)3)15-23(27)25-20-10-8-19(24)9-11-20/h4-14H,15H2,1-3H3,(H,25,27). The largest absolute Gasteiger partial charge is 0.325 e. The number of hydrogen-bond donors (Lipinski definition) is 1. The van der Waals surface area contributed by atoms with E-state index in [0.29, 0.717) is 11.4 Å². The lowest BCUT2D eigenvalue weighted by Crippen LogP contribution is -2.38. The van der Waals surface area contributed by atoms with Crippen LogP contribution in [-0.4, -0.2) is 20.9 Å². The van der Waals surface area contributed by atoms with E-state index in [1.807, 2.05) is 32.9 Å². The highest BCUT2D eigenvalue weighted by atomic mass is 79.9. The molecule has 0 bridgehead atoms. The third-order valence-electron chi connectivity index (χ3n) is 4.66. The van der Waals surface area contributed by atoms with E-state index in [4.69, 9.17) is 0 Å². The summed E-state index contributed by atoms with van der Waals surface area (Å²) in [6.45, 7) is 5.28. The Balaban J connectivity index is 1.99. The fourth-order valence-electron chi connectivity index (χ4n) is 2.99. The average Bonchev–Trinajstić information content (AvgIpc) is 2.70. The lowest BCUT2D eigenvalue weighted by atomic mass is 10.1. The van der Waals surface area contributed by atoms with Gasteiger partial charge in [-0.25, -0.2) is 8.42 Å². The Labute approximate surface area is 185 Å². The number of anilines is 2. The van der Waals surface area contributed by atoms with Crippen molar-refractivity contribution in [3.05, 3.63) is 87.9 Å². The van der Waals surface area contributed by atoms with Gasteiger partial charge < -0.3 is 5.32 Å². The maximum atomic E-state index is 13.5. The number of carbonyl (C=O) groups excluding carboxylic acids is 1. The van der Waals surface area contributed by atoms with Crippen molar-refractivity contribution in [3.8, 4) is 0 Å². The normalized spacial score (nSPS) is 11.2. The van der Waals surface area contributed by atoms with Crippen LogP contribution in [0.1, 0.15) is 16.7 Å². The van der Waals surface area contributed by atoms with Crippen molar-refractivity contribution in [1.82, 2.24) is 0 Å². The highest BCUT2D eigenvalue weighted by molar-refractivity contribution is 9.10. The van der Waals surface area contributed by atoms with Crippen molar-refractivity contribution in [2.45, 2.75) is 25.7 Å². The highest BCUT2D eigenvalue weighted by Crippen LogP contribution is 2.28. The van der Waals surface area contributed by atoms with Gasteiger partial charge in [-0.05, 0) is 74.4 Å². The molecule has 0 unspecified atom stereocenters. The van der Waals surface area contributed by atoms with E-state index in [0.717, 1.165) is 21.2 Å². The van der Waals surface area contributed by atoms with E-state index in [1.165, 1.54) is 4.31 Å². The molecule has 0 aliphatic heterocycles. The van der Waals surface area contributed by atoms with Gasteiger partial charge in [-0.2, -0.15) is 0 Å². The van der Waals surface area contributed by atoms with Gasteiger partial charge >= 0.3 is 0 Å². The molecule has 0 heterocycles. The topological polar surface area (TPSA) is 66.5 Å². The van der Waals surface area contributed by atoms with Gasteiger partial charge in [0.05, 0.1) is 10.6 Å². The summed E-state index contributed by atoms with van der Waals surface area (Å²) in [4.78, 5) is 12.9. The van der Waals surface area contributed by atoms with E-state index in [-0.39, 0.29) is 11.4 Å². The molecule has 0 spiro atoms. The molecular weight excluding hydrogens is 464 g/mol. The summed E-state index contributed by atoms with van der Waals surface area (Å²) < 4.78 is 29.0. The third kappa shape index (κ3) is 5.09. The predicted molar refractivity (Wildman–Crippen MR) is 124 cm³/mol. The summed E-state index contributed by atoms with van der Waals surface area (Å²) in [6, 6.07) is 19.3. The molecule has 3 aromatic carbocycles. The van der Waals surface area contributed by atoms with E-state index in [2.05, 4.69) is 21.2 Å². The monoisotopic (exact) mass is 486 g/mol. The van der Waals surface area contributed by atoms with Gasteiger partial charge in [0.15, 0.2) is 0 Å². The van der Waals surface area contributed by atoms with Gasteiger partial charge in [0, 0.05) is 10.2 Å². The first-order valence-corrected chi connectivity index (χ1v) is 11.6. The van der Waals surface area contributed by atoms with Gasteiger partial charge in [-0.15, -0.1) is 0 Å². The molecule has 0 aliphatic carbocycles. The van der Waals surface area contributed by atoms with Crippen LogP contribution < -0.4 is 9.62 Å². The van der Waals surface area contributed by atoms with Crippen molar-refractivity contribution >= 4 is 43.2 Å². The molecule has 7 heteroatoms. The number of halogens is 1. The van der Waals surface area contributed by atoms with E-state index in [1.54, 1.807) is 54.6 Å². The van der Waals surface area contributed by atoms with Gasteiger partial charge in [0.2, 0.25) is 5.91 Å². The van der Waals surface area contributed by atoms with Crippen LogP contribution >= 0.6 is 15.9 Å². The van der Waals surface area contributed by atoms with E-state index < -0.39 is 15.9 Å². The molecule has 5 nitrogen and oxygen atoms in total. The Morgan fingerprint density at radius 1 is 0.900 bits per heavy atom. The molecule has 3 rings (SSSR count). The maximum absolute atomic E-state index is 13.5. The summed E-state index contributed by atoms with van der Waals surface area (Å²) in [6.07, 6.45) is 0. The smallest absolute Gasteiger partial charge is 0.264 e. The Bertz CT molecular complexity index is 1160. The molecule has 0 aliphatic rings. The maximum Gasteiger partial charge on any atom is 0.264 e. The zero-order chi connectivity index (χ0) is 21.9. The Hall–Kier alpha value is -2.64. The van der Waals surface area contributed by atoms with Gasteiger partial charge in [-0.3, -0.25) is 9.10 Å². The molecule has 0 fully saturated rings. The summed E-state index contributed by atoms with van der Waals surface area (Å²) in [5, 5.41) is 2.77. The molecule has 30 heavy (non-hydrogen) atoms. The molecule has 3 aromatic rings. The zero-order valence-electron chi connectivity index (χ0n) is 17.0. The van der Waals surface area contributed by atoms with Crippen molar-refractivity contribution in [2.24, 2.45) is 0 Å².